The molecule has 0 saturated heterocycles. The average molecular weight is 220 g/mol. The van der Waals surface area contributed by atoms with Crippen molar-refractivity contribution in [2.45, 2.75) is 12.5 Å². The molecule has 16 heavy (non-hydrogen) atoms. The maximum absolute atomic E-state index is 10.8. The lowest BCUT2D eigenvalue weighted by Crippen LogP contribution is -2.44. The molecule has 1 aliphatic rings. The molecule has 0 spiro atoms. The Balaban J connectivity index is 2.18. The number of aromatic hydroxyl groups is 1. The molecule has 0 amide bonds. The number of phenolic OH excluding ortho intramolecular Hbond substituents is 1. The number of phenols is 1. The van der Waals surface area contributed by atoms with E-state index in [4.69, 9.17) is 10.2 Å². The fourth-order valence-corrected chi connectivity index (χ4v) is 1.57. The number of carboxylic acids is 1. The second-order valence-corrected chi connectivity index (χ2v) is 3.60. The number of nitrogens with one attached hydrogen (secondary N) is 1. The molecular formula is C11H12N2O3. The number of aliphatic imine (C=N–C) groups is 1. The Morgan fingerprint density at radius 3 is 2.69 bits per heavy atom. The summed E-state index contributed by atoms with van der Waals surface area (Å²) in [5.41, 5.74) is 0.781. The Labute approximate surface area is 92.4 Å². The third kappa shape index (κ3) is 2.13. The van der Waals surface area contributed by atoms with E-state index in [0.29, 0.717) is 18.8 Å². The van der Waals surface area contributed by atoms with Crippen LogP contribution in [0.15, 0.2) is 29.3 Å². The van der Waals surface area contributed by atoms with E-state index in [1.54, 1.807) is 24.3 Å². The SMILES string of the molecule is O=C(O)C1CCN=C(c2ccc(O)cc2)N1. The number of amidine groups is 1. The summed E-state index contributed by atoms with van der Waals surface area (Å²) in [6.07, 6.45) is 0.497. The van der Waals surface area contributed by atoms with Gasteiger partial charge in [-0.15, -0.1) is 0 Å². The Bertz CT molecular complexity index is 425. The number of aliphatic carboxylic acids is 1. The third-order valence-electron chi connectivity index (χ3n) is 2.44. The van der Waals surface area contributed by atoms with Gasteiger partial charge in [0.25, 0.3) is 0 Å². The van der Waals surface area contributed by atoms with Crippen LogP contribution in [-0.4, -0.2) is 34.6 Å². The van der Waals surface area contributed by atoms with E-state index in [9.17, 15) is 4.79 Å². The summed E-state index contributed by atoms with van der Waals surface area (Å²) in [6, 6.07) is 5.91. The molecule has 1 unspecified atom stereocenters. The standard InChI is InChI=1S/C11H12N2O3/c14-8-3-1-7(2-4-8)10-12-6-5-9(13-10)11(15)16/h1-4,9,14H,5-6H2,(H,12,13)(H,15,16). The number of carboxylic acid groups (broad SMARTS) is 1. The van der Waals surface area contributed by atoms with Crippen molar-refractivity contribution < 1.29 is 15.0 Å². The first-order valence-electron chi connectivity index (χ1n) is 5.00. The topological polar surface area (TPSA) is 81.9 Å². The molecule has 1 heterocycles. The molecular weight excluding hydrogens is 208 g/mol. The van der Waals surface area contributed by atoms with Crippen molar-refractivity contribution in [2.24, 2.45) is 4.99 Å². The normalized spacial score (nSPS) is 19.8. The molecule has 3 N–H and O–H groups in total. The summed E-state index contributed by atoms with van der Waals surface area (Å²) in [7, 11) is 0. The fraction of sp³-hybridized carbons (Fsp3) is 0.273. The van der Waals surface area contributed by atoms with E-state index in [1.165, 1.54) is 0 Å². The van der Waals surface area contributed by atoms with Gasteiger partial charge in [0.05, 0.1) is 0 Å². The van der Waals surface area contributed by atoms with Gasteiger partial charge in [-0.05, 0) is 30.7 Å². The van der Waals surface area contributed by atoms with Crippen LogP contribution in [0.1, 0.15) is 12.0 Å². The van der Waals surface area contributed by atoms with Gasteiger partial charge in [-0.3, -0.25) is 4.99 Å². The van der Waals surface area contributed by atoms with E-state index in [2.05, 4.69) is 10.3 Å². The van der Waals surface area contributed by atoms with Crippen molar-refractivity contribution in [1.82, 2.24) is 5.32 Å². The minimum Gasteiger partial charge on any atom is -0.508 e. The highest BCUT2D eigenvalue weighted by Crippen LogP contribution is 2.12. The summed E-state index contributed by atoms with van der Waals surface area (Å²) < 4.78 is 0. The quantitative estimate of drug-likeness (QED) is 0.681. The number of hydrogen-bond acceptors (Lipinski definition) is 4. The highest BCUT2D eigenvalue weighted by atomic mass is 16.4. The van der Waals surface area contributed by atoms with Crippen molar-refractivity contribution in [2.75, 3.05) is 6.54 Å². The molecule has 0 radical (unpaired) electrons. The highest BCUT2D eigenvalue weighted by Gasteiger charge is 2.22. The summed E-state index contributed by atoms with van der Waals surface area (Å²) in [5, 5.41) is 20.9. The summed E-state index contributed by atoms with van der Waals surface area (Å²) >= 11 is 0. The van der Waals surface area contributed by atoms with Crippen LogP contribution in [0.5, 0.6) is 5.75 Å². The zero-order chi connectivity index (χ0) is 11.5. The number of carbonyl (C=O) groups is 1. The monoisotopic (exact) mass is 220 g/mol. The first-order chi connectivity index (χ1) is 7.66. The number of nitrogens with zero attached hydrogens (tertiary/aromatic N) is 1. The van der Waals surface area contributed by atoms with E-state index in [-0.39, 0.29) is 5.75 Å². The highest BCUT2D eigenvalue weighted by molar-refractivity contribution is 6.01. The molecule has 84 valence electrons. The molecule has 0 aromatic heterocycles. The Morgan fingerprint density at radius 2 is 2.06 bits per heavy atom. The maximum Gasteiger partial charge on any atom is 0.326 e. The molecule has 1 aromatic rings. The Kier molecular flexibility index (Phi) is 2.76. The largest absolute Gasteiger partial charge is 0.508 e. The Hall–Kier alpha value is -2.04. The van der Waals surface area contributed by atoms with Gasteiger partial charge in [0.15, 0.2) is 0 Å². The predicted molar refractivity (Wildman–Crippen MR) is 58.7 cm³/mol. The Morgan fingerprint density at radius 1 is 1.38 bits per heavy atom. The molecule has 5 nitrogen and oxygen atoms in total. The van der Waals surface area contributed by atoms with Crippen LogP contribution in [0.25, 0.3) is 0 Å². The molecule has 2 rings (SSSR count). The van der Waals surface area contributed by atoms with Crippen molar-refractivity contribution in [3.05, 3.63) is 29.8 Å². The van der Waals surface area contributed by atoms with Gasteiger partial charge in [-0.25, -0.2) is 4.79 Å². The van der Waals surface area contributed by atoms with Crippen molar-refractivity contribution in [3.8, 4) is 5.75 Å². The van der Waals surface area contributed by atoms with Gasteiger partial charge in [0.2, 0.25) is 0 Å². The van der Waals surface area contributed by atoms with Gasteiger partial charge in [-0.2, -0.15) is 0 Å². The van der Waals surface area contributed by atoms with Crippen molar-refractivity contribution >= 4 is 11.8 Å². The number of rotatable bonds is 2. The van der Waals surface area contributed by atoms with E-state index in [1.807, 2.05) is 0 Å². The van der Waals surface area contributed by atoms with Gasteiger partial charge >= 0.3 is 5.97 Å². The van der Waals surface area contributed by atoms with Crippen molar-refractivity contribution in [1.29, 1.82) is 0 Å². The van der Waals surface area contributed by atoms with Crippen LogP contribution in [0.2, 0.25) is 0 Å². The molecule has 1 aromatic carbocycles. The average Bonchev–Trinajstić information content (AvgIpc) is 2.30. The van der Waals surface area contributed by atoms with Gasteiger partial charge in [0.1, 0.15) is 17.6 Å². The second kappa shape index (κ2) is 4.22. The first-order valence-corrected chi connectivity index (χ1v) is 5.00. The third-order valence-corrected chi connectivity index (χ3v) is 2.44. The smallest absolute Gasteiger partial charge is 0.326 e. The predicted octanol–water partition coefficient (Wildman–Crippen LogP) is 0.585. The molecule has 1 atom stereocenters. The van der Waals surface area contributed by atoms with Crippen LogP contribution in [0.4, 0.5) is 0 Å². The summed E-state index contributed by atoms with van der Waals surface area (Å²) in [5.74, 6) is -0.125. The maximum atomic E-state index is 10.8. The zero-order valence-electron chi connectivity index (χ0n) is 8.55. The van der Waals surface area contributed by atoms with Gasteiger partial charge in [-0.1, -0.05) is 0 Å². The molecule has 0 fully saturated rings. The minimum atomic E-state index is -0.869. The van der Waals surface area contributed by atoms with E-state index < -0.39 is 12.0 Å². The molecule has 1 aliphatic heterocycles. The molecule has 0 bridgehead atoms. The van der Waals surface area contributed by atoms with Gasteiger partial charge < -0.3 is 15.5 Å². The summed E-state index contributed by atoms with van der Waals surface area (Å²) in [6.45, 7) is 0.500. The molecule has 5 heteroatoms. The van der Waals surface area contributed by atoms with Crippen LogP contribution < -0.4 is 5.32 Å². The first kappa shape index (κ1) is 10.5. The van der Waals surface area contributed by atoms with E-state index >= 15 is 0 Å². The van der Waals surface area contributed by atoms with Crippen LogP contribution in [0.3, 0.4) is 0 Å². The van der Waals surface area contributed by atoms with Crippen LogP contribution in [-0.2, 0) is 4.79 Å². The van der Waals surface area contributed by atoms with E-state index in [0.717, 1.165) is 5.56 Å². The lowest BCUT2D eigenvalue weighted by Gasteiger charge is -2.21. The van der Waals surface area contributed by atoms with Crippen LogP contribution in [0, 0.1) is 0 Å². The lowest BCUT2D eigenvalue weighted by atomic mass is 10.1. The summed E-state index contributed by atoms with van der Waals surface area (Å²) in [4.78, 5) is 15.1. The number of benzene rings is 1. The minimum absolute atomic E-state index is 0.176. The van der Waals surface area contributed by atoms with Gasteiger partial charge in [0, 0.05) is 12.1 Å². The lowest BCUT2D eigenvalue weighted by molar-refractivity contribution is -0.139. The second-order valence-electron chi connectivity index (χ2n) is 3.60. The molecule has 0 aliphatic carbocycles. The van der Waals surface area contributed by atoms with Crippen molar-refractivity contribution in [3.63, 3.8) is 0 Å². The number of hydrogen-bond donors (Lipinski definition) is 3. The zero-order valence-corrected chi connectivity index (χ0v) is 8.55. The fourth-order valence-electron chi connectivity index (χ4n) is 1.57. The molecule has 0 saturated carbocycles. The van der Waals surface area contributed by atoms with Crippen LogP contribution >= 0.6 is 0 Å².